The Kier molecular flexibility index (Phi) is 6.76. The molecule has 1 amide bonds. The molecule has 0 bridgehead atoms. The van der Waals surface area contributed by atoms with Gasteiger partial charge in [0.15, 0.2) is 11.6 Å². The number of anilines is 2. The second kappa shape index (κ2) is 9.14. The van der Waals surface area contributed by atoms with Crippen molar-refractivity contribution in [2.24, 2.45) is 0 Å². The third-order valence-electron chi connectivity index (χ3n) is 4.49. The van der Waals surface area contributed by atoms with Crippen LogP contribution in [0.2, 0.25) is 0 Å². The summed E-state index contributed by atoms with van der Waals surface area (Å²) in [6.45, 7) is 1.15. The van der Waals surface area contributed by atoms with Crippen molar-refractivity contribution in [2.45, 2.75) is 6.92 Å². The van der Waals surface area contributed by atoms with E-state index in [2.05, 4.69) is 10.4 Å². The van der Waals surface area contributed by atoms with Crippen LogP contribution in [0.5, 0.6) is 0 Å². The van der Waals surface area contributed by atoms with E-state index < -0.39 is 66.3 Å². The Hall–Kier alpha value is -3.73. The fraction of sp³-hybridized carbons (Fsp3) is 0.222. The lowest BCUT2D eigenvalue weighted by molar-refractivity contribution is 0.244. The Balaban J connectivity index is 2.05. The van der Waals surface area contributed by atoms with Crippen LogP contribution in [-0.4, -0.2) is 61.7 Å². The Labute approximate surface area is 196 Å². The monoisotopic (exact) mass is 534 g/mol. The van der Waals surface area contributed by atoms with Gasteiger partial charge < -0.3 is 0 Å². The van der Waals surface area contributed by atoms with Crippen molar-refractivity contribution in [3.8, 4) is 5.69 Å². The minimum atomic E-state index is -4.36. The molecule has 0 unspecified atom stereocenters. The largest absolute Gasteiger partial charge is 0.377 e. The number of para-hydroxylation sites is 1. The highest BCUT2D eigenvalue weighted by Gasteiger charge is 2.30. The standard InChI is InChI=1S/C18H17F3N6O6S2/c1-4-24(15-9-8-11(10-14(15)21)27(34(2,30)31)35(3,32)33)17(28)26-18(29)25(22-23-26)16-12(19)6-5-7-13(16)20/h5-10H,4H2,1-3H3. The average Bonchev–Trinajstić information content (AvgIpc) is 3.09. The molecular weight excluding hydrogens is 517 g/mol. The molecule has 0 N–H and O–H groups in total. The van der Waals surface area contributed by atoms with Crippen molar-refractivity contribution in [1.29, 1.82) is 0 Å². The van der Waals surface area contributed by atoms with Crippen LogP contribution in [0, 0.1) is 17.5 Å². The highest BCUT2D eigenvalue weighted by molar-refractivity contribution is 8.09. The molecule has 12 nitrogen and oxygen atoms in total. The minimum absolute atomic E-state index is 0.00397. The molecule has 0 fully saturated rings. The average molecular weight is 534 g/mol. The molecule has 17 heteroatoms. The Morgan fingerprint density at radius 2 is 1.51 bits per heavy atom. The van der Waals surface area contributed by atoms with E-state index in [1.165, 1.54) is 6.92 Å². The first-order valence-corrected chi connectivity index (χ1v) is 13.2. The molecule has 3 aromatic rings. The second-order valence-corrected chi connectivity index (χ2v) is 10.9. The maximum absolute atomic E-state index is 14.9. The van der Waals surface area contributed by atoms with E-state index in [1.807, 2.05) is 0 Å². The van der Waals surface area contributed by atoms with Crippen LogP contribution in [0.3, 0.4) is 0 Å². The normalized spacial score (nSPS) is 11.9. The first-order valence-electron chi connectivity index (χ1n) is 9.49. The topological polar surface area (TPSA) is 145 Å². The number of carbonyl (C=O) groups excluding carboxylic acids is 1. The van der Waals surface area contributed by atoms with Gasteiger partial charge in [-0.3, -0.25) is 4.90 Å². The van der Waals surface area contributed by atoms with E-state index in [-0.39, 0.29) is 19.6 Å². The third kappa shape index (κ3) is 4.90. The zero-order chi connectivity index (χ0) is 26.3. The summed E-state index contributed by atoms with van der Waals surface area (Å²) in [4.78, 5) is 26.2. The molecule has 0 atom stereocenters. The summed E-state index contributed by atoms with van der Waals surface area (Å²) in [6, 6.07) is 3.94. The van der Waals surface area contributed by atoms with Crippen LogP contribution in [0.1, 0.15) is 6.92 Å². The van der Waals surface area contributed by atoms with Crippen molar-refractivity contribution in [3.05, 3.63) is 64.3 Å². The Morgan fingerprint density at radius 3 is 2.00 bits per heavy atom. The first-order chi connectivity index (χ1) is 16.2. The second-order valence-electron chi connectivity index (χ2n) is 7.04. The molecule has 188 valence electrons. The van der Waals surface area contributed by atoms with Crippen molar-refractivity contribution in [3.63, 3.8) is 0 Å². The van der Waals surface area contributed by atoms with Crippen LogP contribution in [-0.2, 0) is 20.0 Å². The van der Waals surface area contributed by atoms with Crippen LogP contribution >= 0.6 is 0 Å². The number of amides is 1. The van der Waals surface area contributed by atoms with Gasteiger partial charge in [0, 0.05) is 12.6 Å². The summed E-state index contributed by atoms with van der Waals surface area (Å²) in [6.07, 6.45) is 1.21. The zero-order valence-corrected chi connectivity index (χ0v) is 19.9. The Bertz CT molecular complexity index is 1530. The first kappa shape index (κ1) is 25.9. The molecule has 3 rings (SSSR count). The predicted molar refractivity (Wildman–Crippen MR) is 118 cm³/mol. The number of hydrogen-bond acceptors (Lipinski definition) is 8. The van der Waals surface area contributed by atoms with Crippen LogP contribution in [0.15, 0.2) is 41.2 Å². The molecule has 0 saturated carbocycles. The molecule has 1 aromatic heterocycles. The van der Waals surface area contributed by atoms with Gasteiger partial charge in [-0.25, -0.2) is 39.6 Å². The number of sulfonamides is 2. The van der Waals surface area contributed by atoms with Gasteiger partial charge >= 0.3 is 11.7 Å². The third-order valence-corrected chi connectivity index (χ3v) is 7.75. The van der Waals surface area contributed by atoms with Gasteiger partial charge in [0.25, 0.3) is 0 Å². The predicted octanol–water partition coefficient (Wildman–Crippen LogP) is 1.07. The van der Waals surface area contributed by atoms with Gasteiger partial charge in [-0.1, -0.05) is 6.07 Å². The van der Waals surface area contributed by atoms with Crippen molar-refractivity contribution in [1.82, 2.24) is 19.8 Å². The molecule has 0 saturated heterocycles. The number of rotatable bonds is 6. The lowest BCUT2D eigenvalue weighted by Gasteiger charge is -2.23. The SMILES string of the molecule is CCN(C(=O)n1nnn(-c2c(F)cccc2F)c1=O)c1ccc(N(S(C)(=O)=O)S(C)(=O)=O)cc1F. The van der Waals surface area contributed by atoms with Crippen LogP contribution < -0.4 is 14.3 Å². The zero-order valence-electron chi connectivity index (χ0n) is 18.3. The molecule has 0 aliphatic rings. The number of hydrogen-bond donors (Lipinski definition) is 0. The van der Waals surface area contributed by atoms with Crippen molar-refractivity contribution < 1.29 is 34.8 Å². The highest BCUT2D eigenvalue weighted by atomic mass is 32.3. The van der Waals surface area contributed by atoms with Gasteiger partial charge in [0.2, 0.25) is 20.0 Å². The summed E-state index contributed by atoms with van der Waals surface area (Å²) in [7, 11) is -8.71. The van der Waals surface area contributed by atoms with E-state index in [4.69, 9.17) is 0 Å². The molecule has 2 aromatic carbocycles. The number of nitrogens with zero attached hydrogens (tertiary/aromatic N) is 6. The van der Waals surface area contributed by atoms with Crippen LogP contribution in [0.25, 0.3) is 5.69 Å². The van der Waals surface area contributed by atoms with Crippen molar-refractivity contribution in [2.75, 3.05) is 27.7 Å². The van der Waals surface area contributed by atoms with Gasteiger partial charge in [-0.2, -0.15) is 8.39 Å². The summed E-state index contributed by atoms with van der Waals surface area (Å²) in [5.74, 6) is -3.51. The fourth-order valence-electron chi connectivity index (χ4n) is 3.18. The fourth-order valence-corrected chi connectivity index (χ4v) is 6.14. The number of tetrazole rings is 1. The Morgan fingerprint density at radius 1 is 0.943 bits per heavy atom. The number of carbonyl (C=O) groups is 1. The number of benzene rings is 2. The minimum Gasteiger partial charge on any atom is -0.290 e. The van der Waals surface area contributed by atoms with E-state index in [9.17, 15) is 39.6 Å². The summed E-state index contributed by atoms with van der Waals surface area (Å²) in [5.41, 5.74) is -3.26. The van der Waals surface area contributed by atoms with Gasteiger partial charge in [-0.15, -0.1) is 4.68 Å². The van der Waals surface area contributed by atoms with Crippen LogP contribution in [0.4, 0.5) is 29.3 Å². The summed E-state index contributed by atoms with van der Waals surface area (Å²) >= 11 is 0. The van der Waals surface area contributed by atoms with E-state index in [0.717, 1.165) is 30.3 Å². The number of aromatic nitrogens is 4. The summed E-state index contributed by atoms with van der Waals surface area (Å²) < 4.78 is 91.0. The summed E-state index contributed by atoms with van der Waals surface area (Å²) in [5, 5.41) is 6.62. The van der Waals surface area contributed by atoms with E-state index in [0.29, 0.717) is 23.5 Å². The van der Waals surface area contributed by atoms with Gasteiger partial charge in [0.05, 0.1) is 23.9 Å². The maximum Gasteiger partial charge on any atom is 0.377 e. The lowest BCUT2D eigenvalue weighted by atomic mass is 10.2. The lowest BCUT2D eigenvalue weighted by Crippen LogP contribution is -2.41. The van der Waals surface area contributed by atoms with E-state index in [1.54, 1.807) is 0 Å². The quantitative estimate of drug-likeness (QED) is 0.427. The van der Waals surface area contributed by atoms with Gasteiger partial charge in [-0.05, 0) is 41.6 Å². The van der Waals surface area contributed by atoms with E-state index >= 15 is 0 Å². The molecule has 1 heterocycles. The number of halogens is 3. The van der Waals surface area contributed by atoms with Gasteiger partial charge in [0.1, 0.15) is 11.5 Å². The molecule has 0 aliphatic carbocycles. The maximum atomic E-state index is 14.9. The molecule has 35 heavy (non-hydrogen) atoms. The smallest absolute Gasteiger partial charge is 0.290 e. The van der Waals surface area contributed by atoms with Crippen molar-refractivity contribution >= 4 is 37.5 Å². The molecule has 0 spiro atoms. The molecular formula is C18H17F3N6O6S2. The molecule has 0 aliphatic heterocycles. The molecule has 0 radical (unpaired) electrons. The highest BCUT2D eigenvalue weighted by Crippen LogP contribution is 2.28.